The van der Waals surface area contributed by atoms with Crippen LogP contribution in [0.5, 0.6) is 11.5 Å². The van der Waals surface area contributed by atoms with Gasteiger partial charge in [0.1, 0.15) is 12.3 Å². The van der Waals surface area contributed by atoms with E-state index in [1.54, 1.807) is 19.2 Å². The molecule has 0 fully saturated rings. The zero-order valence-corrected chi connectivity index (χ0v) is 10.9. The molecule has 1 aliphatic rings. The minimum atomic E-state index is -0.706. The number of carbonyl (C=O) groups excluding carboxylic acids is 1. The van der Waals surface area contributed by atoms with Crippen molar-refractivity contribution in [3.8, 4) is 11.5 Å². The predicted molar refractivity (Wildman–Crippen MR) is 68.9 cm³/mol. The van der Waals surface area contributed by atoms with Crippen molar-refractivity contribution in [1.29, 1.82) is 0 Å². The molecule has 0 aliphatic carbocycles. The first-order valence-electron chi connectivity index (χ1n) is 5.77. The van der Waals surface area contributed by atoms with E-state index in [1.807, 2.05) is 12.1 Å². The number of ether oxygens (including phenoxy) is 2. The normalized spacial score (nSPS) is 17.3. The van der Waals surface area contributed by atoms with Crippen molar-refractivity contribution in [2.75, 3.05) is 6.61 Å². The lowest BCUT2D eigenvalue weighted by atomic mass is 10.1. The molecule has 2 heterocycles. The van der Waals surface area contributed by atoms with Gasteiger partial charge in [0, 0.05) is 7.05 Å². The maximum absolute atomic E-state index is 12.4. The number of hydrogen-bond acceptors (Lipinski definition) is 4. The minimum Gasteiger partial charge on any atom is -0.485 e. The highest BCUT2D eigenvalue weighted by atomic mass is 35.5. The third-order valence-electron chi connectivity index (χ3n) is 2.93. The summed E-state index contributed by atoms with van der Waals surface area (Å²) in [5.41, 5.74) is 0.328. The Morgan fingerprint density at radius 2 is 2.16 bits per heavy atom. The van der Waals surface area contributed by atoms with E-state index in [4.69, 9.17) is 21.1 Å². The van der Waals surface area contributed by atoms with Gasteiger partial charge in [0.25, 0.3) is 0 Å². The molecule has 1 aromatic heterocycles. The van der Waals surface area contributed by atoms with Crippen LogP contribution in [-0.2, 0) is 7.05 Å². The molecule has 0 bridgehead atoms. The zero-order chi connectivity index (χ0) is 13.4. The molecule has 1 aromatic carbocycles. The average Bonchev–Trinajstić information content (AvgIpc) is 2.77. The van der Waals surface area contributed by atoms with Crippen molar-refractivity contribution in [3.05, 3.63) is 41.2 Å². The molecule has 98 valence electrons. The number of fused-ring (bicyclic) bond motifs is 1. The molecule has 19 heavy (non-hydrogen) atoms. The van der Waals surface area contributed by atoms with Gasteiger partial charge >= 0.3 is 0 Å². The first-order valence-corrected chi connectivity index (χ1v) is 6.15. The lowest BCUT2D eigenvalue weighted by molar-refractivity contribution is 0.0577. The molecule has 3 rings (SSSR count). The third kappa shape index (κ3) is 2.06. The number of hydrogen-bond donors (Lipinski definition) is 0. The van der Waals surface area contributed by atoms with Gasteiger partial charge in [-0.3, -0.25) is 9.48 Å². The number of nitrogens with zero attached hydrogens (tertiary/aromatic N) is 2. The van der Waals surface area contributed by atoms with Crippen molar-refractivity contribution < 1.29 is 14.3 Å². The Bertz CT molecular complexity index is 619. The van der Waals surface area contributed by atoms with Gasteiger partial charge in [-0.25, -0.2) is 0 Å². The highest BCUT2D eigenvalue weighted by Crippen LogP contribution is 2.32. The summed E-state index contributed by atoms with van der Waals surface area (Å²) in [5, 5.41) is 4.26. The lowest BCUT2D eigenvalue weighted by Gasteiger charge is -2.25. The second-order valence-electron chi connectivity index (χ2n) is 4.19. The van der Waals surface area contributed by atoms with Crippen molar-refractivity contribution >= 4 is 17.4 Å². The summed E-state index contributed by atoms with van der Waals surface area (Å²) in [5.74, 6) is 0.965. The number of halogens is 1. The molecular weight excluding hydrogens is 268 g/mol. The number of benzene rings is 1. The van der Waals surface area contributed by atoms with Crippen molar-refractivity contribution in [2.24, 2.45) is 7.05 Å². The van der Waals surface area contributed by atoms with E-state index in [2.05, 4.69) is 5.10 Å². The topological polar surface area (TPSA) is 53.4 Å². The van der Waals surface area contributed by atoms with Gasteiger partial charge < -0.3 is 9.47 Å². The SMILES string of the molecule is Cn1ncc(Cl)c1C(=O)C1COc2ccccc2O1. The molecule has 1 aliphatic heterocycles. The Balaban J connectivity index is 1.88. The number of ketones is 1. The lowest BCUT2D eigenvalue weighted by Crippen LogP contribution is -2.37. The van der Waals surface area contributed by atoms with Crippen molar-refractivity contribution in [2.45, 2.75) is 6.10 Å². The third-order valence-corrected chi connectivity index (χ3v) is 3.21. The van der Waals surface area contributed by atoms with Gasteiger partial charge in [-0.2, -0.15) is 5.10 Å². The summed E-state index contributed by atoms with van der Waals surface area (Å²) < 4.78 is 12.6. The van der Waals surface area contributed by atoms with E-state index in [-0.39, 0.29) is 12.4 Å². The van der Waals surface area contributed by atoms with Gasteiger partial charge in [-0.15, -0.1) is 0 Å². The van der Waals surface area contributed by atoms with Crippen LogP contribution in [0.15, 0.2) is 30.5 Å². The Morgan fingerprint density at radius 3 is 2.84 bits per heavy atom. The second kappa shape index (κ2) is 4.59. The smallest absolute Gasteiger partial charge is 0.226 e. The van der Waals surface area contributed by atoms with E-state index in [0.29, 0.717) is 22.2 Å². The van der Waals surface area contributed by atoms with Crippen LogP contribution in [0.1, 0.15) is 10.5 Å². The highest BCUT2D eigenvalue weighted by Gasteiger charge is 2.31. The van der Waals surface area contributed by atoms with Crippen molar-refractivity contribution in [1.82, 2.24) is 9.78 Å². The number of aryl methyl sites for hydroxylation is 1. The minimum absolute atomic E-state index is 0.164. The molecule has 5 nitrogen and oxygen atoms in total. The standard InChI is InChI=1S/C13H11ClN2O3/c1-16-12(8(14)6-15-16)13(17)11-7-18-9-4-2-3-5-10(9)19-11/h2-6,11H,7H2,1H3. The van der Waals surface area contributed by atoms with Crippen LogP contribution < -0.4 is 9.47 Å². The van der Waals surface area contributed by atoms with Crippen LogP contribution >= 0.6 is 11.6 Å². The highest BCUT2D eigenvalue weighted by molar-refractivity contribution is 6.33. The van der Waals surface area contributed by atoms with E-state index in [9.17, 15) is 4.79 Å². The van der Waals surface area contributed by atoms with E-state index < -0.39 is 6.10 Å². The Morgan fingerprint density at radius 1 is 1.42 bits per heavy atom. The molecule has 0 saturated heterocycles. The summed E-state index contributed by atoms with van der Waals surface area (Å²) in [4.78, 5) is 12.4. The molecule has 1 unspecified atom stereocenters. The quantitative estimate of drug-likeness (QED) is 0.790. The number of rotatable bonds is 2. The molecule has 6 heteroatoms. The second-order valence-corrected chi connectivity index (χ2v) is 4.60. The fraction of sp³-hybridized carbons (Fsp3) is 0.231. The van der Waals surface area contributed by atoms with Gasteiger partial charge in [0.2, 0.25) is 5.78 Å². The number of Topliss-reactive ketones (excluding diaryl/α,β-unsaturated/α-hetero) is 1. The van der Waals surface area contributed by atoms with E-state index in [1.165, 1.54) is 10.9 Å². The summed E-state index contributed by atoms with van der Waals surface area (Å²) in [6, 6.07) is 7.24. The molecule has 1 atom stereocenters. The maximum Gasteiger partial charge on any atom is 0.226 e. The fourth-order valence-electron chi connectivity index (χ4n) is 1.99. The van der Waals surface area contributed by atoms with Crippen LogP contribution in [0.2, 0.25) is 5.02 Å². The van der Waals surface area contributed by atoms with Gasteiger partial charge in [-0.1, -0.05) is 23.7 Å². The molecule has 0 N–H and O–H groups in total. The average molecular weight is 279 g/mol. The Labute approximate surface area is 114 Å². The molecule has 0 radical (unpaired) electrons. The molecule has 0 amide bonds. The van der Waals surface area contributed by atoms with E-state index in [0.717, 1.165) is 0 Å². The summed E-state index contributed by atoms with van der Waals surface area (Å²) >= 11 is 5.96. The predicted octanol–water partition coefficient (Wildman–Crippen LogP) is 2.10. The number of para-hydroxylation sites is 2. The van der Waals surface area contributed by atoms with Gasteiger partial charge in [0.15, 0.2) is 17.6 Å². The van der Waals surface area contributed by atoms with Gasteiger partial charge in [0.05, 0.1) is 11.2 Å². The van der Waals surface area contributed by atoms with Crippen molar-refractivity contribution in [3.63, 3.8) is 0 Å². The first-order chi connectivity index (χ1) is 9.16. The van der Waals surface area contributed by atoms with Gasteiger partial charge in [-0.05, 0) is 12.1 Å². The van der Waals surface area contributed by atoms with Crippen LogP contribution in [0.4, 0.5) is 0 Å². The zero-order valence-electron chi connectivity index (χ0n) is 10.2. The number of carbonyl (C=O) groups is 1. The van der Waals surface area contributed by atoms with Crippen LogP contribution in [-0.4, -0.2) is 28.3 Å². The molecule has 0 spiro atoms. The Hall–Kier alpha value is -2.01. The monoisotopic (exact) mass is 278 g/mol. The summed E-state index contributed by atoms with van der Waals surface area (Å²) in [7, 11) is 1.66. The number of aromatic nitrogens is 2. The first kappa shape index (κ1) is 12.0. The molecule has 2 aromatic rings. The summed E-state index contributed by atoms with van der Waals surface area (Å²) in [6.45, 7) is 0.164. The fourth-order valence-corrected chi connectivity index (χ4v) is 2.25. The van der Waals surface area contributed by atoms with Crippen LogP contribution in [0.25, 0.3) is 0 Å². The summed E-state index contributed by atoms with van der Waals surface area (Å²) in [6.07, 6.45) is 0.731. The Kier molecular flexibility index (Phi) is 2.91. The van der Waals surface area contributed by atoms with E-state index >= 15 is 0 Å². The van der Waals surface area contributed by atoms with Crippen LogP contribution in [0.3, 0.4) is 0 Å². The molecular formula is C13H11ClN2O3. The largest absolute Gasteiger partial charge is 0.485 e. The maximum atomic E-state index is 12.4. The molecule has 0 saturated carbocycles. The van der Waals surface area contributed by atoms with Crippen LogP contribution in [0, 0.1) is 0 Å².